The minimum Gasteiger partial charge on any atom is -0.325 e. The summed E-state index contributed by atoms with van der Waals surface area (Å²) < 4.78 is 1.70. The number of carbonyl (C=O) groups is 2. The number of thioether (sulfide) groups is 1. The van der Waals surface area contributed by atoms with Gasteiger partial charge in [0.15, 0.2) is 0 Å². The van der Waals surface area contributed by atoms with E-state index >= 15 is 0 Å². The van der Waals surface area contributed by atoms with Crippen molar-refractivity contribution in [1.29, 1.82) is 0 Å². The third kappa shape index (κ3) is 6.27. The number of rotatable bonds is 6. The van der Waals surface area contributed by atoms with Crippen molar-refractivity contribution in [2.45, 2.75) is 52.3 Å². The van der Waals surface area contributed by atoms with Gasteiger partial charge < -0.3 is 10.6 Å². The highest BCUT2D eigenvalue weighted by molar-refractivity contribution is 8.01. The van der Waals surface area contributed by atoms with Gasteiger partial charge >= 0.3 is 0 Å². The van der Waals surface area contributed by atoms with Crippen molar-refractivity contribution in [2.24, 2.45) is 0 Å². The molecule has 2 N–H and O–H groups in total. The van der Waals surface area contributed by atoms with Gasteiger partial charge in [-0.25, -0.2) is 0 Å². The number of aromatic nitrogens is 2. The van der Waals surface area contributed by atoms with Crippen LogP contribution in [-0.2, 0) is 9.59 Å². The fraction of sp³-hybridized carbons (Fsp3) is 0.450. The Balaban J connectivity index is 2.01. The number of carbonyl (C=O) groups excluding carboxylic acids is 2. The number of nitrogens with one attached hydrogen (secondary N) is 2. The number of hydrogen-bond acceptors (Lipinski definition) is 4. The van der Waals surface area contributed by atoms with Crippen molar-refractivity contribution in [2.75, 3.05) is 16.4 Å². The molecule has 0 saturated heterocycles. The molecule has 0 saturated carbocycles. The summed E-state index contributed by atoms with van der Waals surface area (Å²) in [5, 5.41) is 10.4. The van der Waals surface area contributed by atoms with Crippen LogP contribution in [0, 0.1) is 13.8 Å². The number of benzene rings is 1. The number of halogens is 1. The van der Waals surface area contributed by atoms with Crippen LogP contribution in [0.1, 0.15) is 45.1 Å². The molecular weight excluding hydrogens is 396 g/mol. The summed E-state index contributed by atoms with van der Waals surface area (Å²) in [6.07, 6.45) is 0. The van der Waals surface area contributed by atoms with Crippen LogP contribution in [0.2, 0.25) is 5.02 Å². The molecule has 8 heteroatoms. The average molecular weight is 423 g/mol. The molecule has 2 amide bonds. The van der Waals surface area contributed by atoms with E-state index in [0.717, 1.165) is 11.4 Å². The molecule has 2 rings (SSSR count). The molecule has 0 aliphatic carbocycles. The zero-order valence-electron chi connectivity index (χ0n) is 17.1. The fourth-order valence-electron chi connectivity index (χ4n) is 2.56. The van der Waals surface area contributed by atoms with Crippen LogP contribution in [0.3, 0.4) is 0 Å². The Bertz CT molecular complexity index is 874. The number of amides is 2. The first-order chi connectivity index (χ1) is 13.0. The molecule has 1 unspecified atom stereocenters. The van der Waals surface area contributed by atoms with Crippen LogP contribution in [0.15, 0.2) is 24.3 Å². The predicted octanol–water partition coefficient (Wildman–Crippen LogP) is 4.82. The highest BCUT2D eigenvalue weighted by atomic mass is 35.5. The molecule has 1 aromatic carbocycles. The topological polar surface area (TPSA) is 76.0 Å². The van der Waals surface area contributed by atoms with E-state index in [1.54, 1.807) is 41.6 Å². The average Bonchev–Trinajstić information content (AvgIpc) is 2.92. The largest absolute Gasteiger partial charge is 0.325 e. The Labute approximate surface area is 175 Å². The minimum absolute atomic E-state index is 0.0191. The van der Waals surface area contributed by atoms with Crippen LogP contribution >= 0.6 is 23.4 Å². The Morgan fingerprint density at radius 2 is 1.89 bits per heavy atom. The third-order valence-corrected chi connectivity index (χ3v) is 5.52. The molecule has 0 bridgehead atoms. The second-order valence-corrected chi connectivity index (χ2v) is 9.89. The molecule has 152 valence electrons. The van der Waals surface area contributed by atoms with E-state index in [1.807, 2.05) is 19.9 Å². The summed E-state index contributed by atoms with van der Waals surface area (Å²) in [6, 6.07) is 6.48. The smallest absolute Gasteiger partial charge is 0.248 e. The van der Waals surface area contributed by atoms with Crippen LogP contribution in [0.5, 0.6) is 0 Å². The van der Waals surface area contributed by atoms with Crippen molar-refractivity contribution < 1.29 is 9.59 Å². The summed E-state index contributed by atoms with van der Waals surface area (Å²) in [5.41, 5.74) is 2.86. The Morgan fingerprint density at radius 3 is 2.43 bits per heavy atom. The van der Waals surface area contributed by atoms with Gasteiger partial charge in [0.25, 0.3) is 0 Å². The van der Waals surface area contributed by atoms with Gasteiger partial charge in [-0.05, 0) is 45.0 Å². The zero-order valence-corrected chi connectivity index (χ0v) is 18.7. The summed E-state index contributed by atoms with van der Waals surface area (Å²) in [7, 11) is 0. The Kier molecular flexibility index (Phi) is 7.17. The van der Waals surface area contributed by atoms with E-state index in [1.165, 1.54) is 0 Å². The summed E-state index contributed by atoms with van der Waals surface area (Å²) in [5.74, 6) is 0.0529. The van der Waals surface area contributed by atoms with E-state index in [2.05, 4.69) is 36.5 Å². The maximum absolute atomic E-state index is 12.6. The second-order valence-electron chi connectivity index (χ2n) is 7.68. The van der Waals surface area contributed by atoms with Gasteiger partial charge in [-0.1, -0.05) is 32.4 Å². The molecule has 2 aromatic rings. The Morgan fingerprint density at radius 1 is 1.21 bits per heavy atom. The van der Waals surface area contributed by atoms with E-state index in [0.29, 0.717) is 22.2 Å². The fourth-order valence-corrected chi connectivity index (χ4v) is 3.42. The summed E-state index contributed by atoms with van der Waals surface area (Å²) in [6.45, 7) is 11.8. The van der Waals surface area contributed by atoms with Crippen LogP contribution in [-0.4, -0.2) is 32.1 Å². The highest BCUT2D eigenvalue weighted by Gasteiger charge is 2.19. The van der Waals surface area contributed by atoms with Gasteiger partial charge in [0.05, 0.1) is 22.2 Å². The normalized spacial score (nSPS) is 12.5. The molecule has 0 radical (unpaired) electrons. The lowest BCUT2D eigenvalue weighted by Crippen LogP contribution is -2.25. The van der Waals surface area contributed by atoms with Crippen LogP contribution in [0.4, 0.5) is 11.4 Å². The number of nitrogens with zero attached hydrogens (tertiary/aromatic N) is 2. The zero-order chi connectivity index (χ0) is 21.1. The molecule has 0 spiro atoms. The number of aryl methyl sites for hydroxylation is 2. The van der Waals surface area contributed by atoms with Crippen molar-refractivity contribution >= 4 is 46.6 Å². The van der Waals surface area contributed by atoms with E-state index in [-0.39, 0.29) is 16.6 Å². The van der Waals surface area contributed by atoms with Gasteiger partial charge in [0, 0.05) is 16.1 Å². The van der Waals surface area contributed by atoms with Crippen LogP contribution < -0.4 is 10.6 Å². The van der Waals surface area contributed by atoms with Gasteiger partial charge in [0.2, 0.25) is 11.8 Å². The van der Waals surface area contributed by atoms with Gasteiger partial charge in [-0.15, -0.1) is 11.8 Å². The van der Waals surface area contributed by atoms with Crippen molar-refractivity contribution in [3.05, 3.63) is 40.7 Å². The molecule has 28 heavy (non-hydrogen) atoms. The lowest BCUT2D eigenvalue weighted by molar-refractivity contribution is -0.119. The van der Waals surface area contributed by atoms with Crippen molar-refractivity contribution in [3.63, 3.8) is 0 Å². The maximum Gasteiger partial charge on any atom is 0.248 e. The SMILES string of the molecule is Cc1cc(C)n(C(C)C(=O)Nc2ccc(NC(=O)CSC(C)(C)C)cc2Cl)n1. The first kappa shape index (κ1) is 22.3. The molecular formula is C20H27ClN4O2S. The first-order valence-corrected chi connectivity index (χ1v) is 10.4. The monoisotopic (exact) mass is 422 g/mol. The summed E-state index contributed by atoms with van der Waals surface area (Å²) >= 11 is 7.87. The first-order valence-electron chi connectivity index (χ1n) is 9.03. The van der Waals surface area contributed by atoms with Gasteiger partial charge in [-0.2, -0.15) is 5.10 Å². The molecule has 0 aliphatic heterocycles. The minimum atomic E-state index is -0.474. The molecule has 1 heterocycles. The van der Waals surface area contributed by atoms with Crippen molar-refractivity contribution in [1.82, 2.24) is 9.78 Å². The predicted molar refractivity (Wildman–Crippen MR) is 117 cm³/mol. The molecule has 0 fully saturated rings. The number of hydrogen-bond donors (Lipinski definition) is 2. The Hall–Kier alpha value is -1.99. The summed E-state index contributed by atoms with van der Waals surface area (Å²) in [4.78, 5) is 24.6. The molecule has 6 nitrogen and oxygen atoms in total. The van der Waals surface area contributed by atoms with Gasteiger partial charge in [-0.3, -0.25) is 14.3 Å². The highest BCUT2D eigenvalue weighted by Crippen LogP contribution is 2.27. The van der Waals surface area contributed by atoms with E-state index < -0.39 is 6.04 Å². The van der Waals surface area contributed by atoms with E-state index in [9.17, 15) is 9.59 Å². The molecule has 1 aromatic heterocycles. The lowest BCUT2D eigenvalue weighted by Gasteiger charge is -2.17. The quantitative estimate of drug-likeness (QED) is 0.699. The van der Waals surface area contributed by atoms with E-state index in [4.69, 9.17) is 11.6 Å². The third-order valence-electron chi connectivity index (χ3n) is 3.94. The van der Waals surface area contributed by atoms with Crippen LogP contribution in [0.25, 0.3) is 0 Å². The van der Waals surface area contributed by atoms with Gasteiger partial charge in [0.1, 0.15) is 6.04 Å². The lowest BCUT2D eigenvalue weighted by atomic mass is 10.2. The number of anilines is 2. The second kappa shape index (κ2) is 9.01. The molecule has 0 aliphatic rings. The standard InChI is InChI=1S/C20H27ClN4O2S/c1-12-9-13(2)25(24-12)14(3)19(27)23-17-8-7-15(10-16(17)21)22-18(26)11-28-20(4,5)6/h7-10,14H,11H2,1-6H3,(H,22,26)(H,23,27). The maximum atomic E-state index is 12.6. The van der Waals surface area contributed by atoms with Crippen molar-refractivity contribution in [3.8, 4) is 0 Å². The molecule has 1 atom stereocenters.